The first-order valence-corrected chi connectivity index (χ1v) is 12.7. The summed E-state index contributed by atoms with van der Waals surface area (Å²) >= 11 is 1.62. The number of fused-ring (bicyclic) bond motifs is 1. The van der Waals surface area contributed by atoms with Crippen molar-refractivity contribution >= 4 is 28.8 Å². The standard InChI is InChI=1S/C27H29N3O3S/c31-25(28-26(24-14-9-17-34-24)20-10-3-1-4-11-20)19-30-18-23(27(32)29-15-7-2-8-16-29)33-22-13-6-5-12-21(22)30/h1,3-6,9-14,17,23,26H,2,7-8,15-16,18-19H2,(H,28,31)/t23-,26-/m1/s1. The molecule has 0 spiro atoms. The van der Waals surface area contributed by atoms with E-state index in [0.717, 1.165) is 48.5 Å². The van der Waals surface area contributed by atoms with E-state index in [4.69, 9.17) is 4.74 Å². The van der Waals surface area contributed by atoms with Crippen LogP contribution in [0.5, 0.6) is 5.75 Å². The number of anilines is 1. The van der Waals surface area contributed by atoms with Crippen LogP contribution in [0.1, 0.15) is 35.7 Å². The lowest BCUT2D eigenvalue weighted by Crippen LogP contribution is -2.53. The predicted molar refractivity (Wildman–Crippen MR) is 134 cm³/mol. The molecule has 2 aromatic carbocycles. The average Bonchev–Trinajstić information content (AvgIpc) is 3.42. The molecule has 7 heteroatoms. The quantitative estimate of drug-likeness (QED) is 0.580. The molecule has 0 radical (unpaired) electrons. The highest BCUT2D eigenvalue weighted by Gasteiger charge is 2.34. The summed E-state index contributed by atoms with van der Waals surface area (Å²) < 4.78 is 6.11. The number of thiophene rings is 1. The number of piperidine rings is 1. The van der Waals surface area contributed by atoms with Crippen LogP contribution in [0.25, 0.3) is 0 Å². The number of benzene rings is 2. The minimum absolute atomic E-state index is 0.0142. The van der Waals surface area contributed by atoms with E-state index in [-0.39, 0.29) is 24.4 Å². The average molecular weight is 476 g/mol. The molecular formula is C27H29N3O3S. The van der Waals surface area contributed by atoms with Gasteiger partial charge < -0.3 is 19.9 Å². The highest BCUT2D eigenvalue weighted by Crippen LogP contribution is 2.34. The summed E-state index contributed by atoms with van der Waals surface area (Å²) in [6, 6.07) is 21.5. The summed E-state index contributed by atoms with van der Waals surface area (Å²) in [6.07, 6.45) is 2.62. The largest absolute Gasteiger partial charge is 0.477 e. The molecule has 1 N–H and O–H groups in total. The summed E-state index contributed by atoms with van der Waals surface area (Å²) in [7, 11) is 0. The second-order valence-corrected chi connectivity index (χ2v) is 9.75. The molecule has 34 heavy (non-hydrogen) atoms. The Labute approximate surface area is 204 Å². The zero-order valence-corrected chi connectivity index (χ0v) is 19.9. The Balaban J connectivity index is 1.33. The predicted octanol–water partition coefficient (Wildman–Crippen LogP) is 4.23. The third-order valence-electron chi connectivity index (χ3n) is 6.40. The van der Waals surface area contributed by atoms with Crippen LogP contribution >= 0.6 is 11.3 Å². The van der Waals surface area contributed by atoms with Crippen molar-refractivity contribution < 1.29 is 14.3 Å². The van der Waals surface area contributed by atoms with Crippen LogP contribution in [0.3, 0.4) is 0 Å². The number of likely N-dealkylation sites (tertiary alicyclic amines) is 1. The molecular weight excluding hydrogens is 446 g/mol. The molecule has 2 aliphatic heterocycles. The molecule has 0 aliphatic carbocycles. The first kappa shape index (κ1) is 22.5. The maximum absolute atomic E-state index is 13.3. The van der Waals surface area contributed by atoms with Gasteiger partial charge in [-0.3, -0.25) is 9.59 Å². The molecule has 2 aliphatic rings. The van der Waals surface area contributed by atoms with Gasteiger partial charge in [-0.05, 0) is 48.4 Å². The van der Waals surface area contributed by atoms with Gasteiger partial charge in [0.15, 0.2) is 6.10 Å². The summed E-state index contributed by atoms with van der Waals surface area (Å²) in [5.74, 6) is 0.568. The summed E-state index contributed by atoms with van der Waals surface area (Å²) in [6.45, 7) is 2.06. The minimum Gasteiger partial charge on any atom is -0.477 e. The van der Waals surface area contributed by atoms with E-state index in [1.54, 1.807) is 11.3 Å². The van der Waals surface area contributed by atoms with Crippen LogP contribution in [0, 0.1) is 0 Å². The van der Waals surface area contributed by atoms with E-state index in [2.05, 4.69) is 5.32 Å². The molecule has 1 aromatic heterocycles. The van der Waals surface area contributed by atoms with Gasteiger partial charge in [-0.25, -0.2) is 0 Å². The van der Waals surface area contributed by atoms with Gasteiger partial charge >= 0.3 is 0 Å². The van der Waals surface area contributed by atoms with Crippen LogP contribution in [-0.2, 0) is 9.59 Å². The van der Waals surface area contributed by atoms with Gasteiger partial charge in [0.05, 0.1) is 24.8 Å². The van der Waals surface area contributed by atoms with Gasteiger partial charge in [0.1, 0.15) is 5.75 Å². The fraction of sp³-hybridized carbons (Fsp3) is 0.333. The van der Waals surface area contributed by atoms with Crippen LogP contribution in [-0.4, -0.2) is 49.0 Å². The number of amides is 2. The van der Waals surface area contributed by atoms with Gasteiger partial charge in [0, 0.05) is 18.0 Å². The topological polar surface area (TPSA) is 61.9 Å². The Morgan fingerprint density at radius 2 is 1.74 bits per heavy atom. The number of nitrogens with one attached hydrogen (secondary N) is 1. The Morgan fingerprint density at radius 1 is 0.971 bits per heavy atom. The number of hydrogen-bond acceptors (Lipinski definition) is 5. The van der Waals surface area contributed by atoms with E-state index < -0.39 is 6.10 Å². The molecule has 6 nitrogen and oxygen atoms in total. The number of carbonyl (C=O) groups is 2. The van der Waals surface area contributed by atoms with Crippen molar-refractivity contribution in [2.45, 2.75) is 31.4 Å². The van der Waals surface area contributed by atoms with E-state index in [9.17, 15) is 9.59 Å². The van der Waals surface area contributed by atoms with Crippen LogP contribution in [0.15, 0.2) is 72.1 Å². The molecule has 5 rings (SSSR count). The number of nitrogens with zero attached hydrogens (tertiary/aromatic N) is 2. The van der Waals surface area contributed by atoms with E-state index in [1.807, 2.05) is 81.9 Å². The van der Waals surface area contributed by atoms with Gasteiger partial charge in [-0.15, -0.1) is 11.3 Å². The third-order valence-corrected chi connectivity index (χ3v) is 7.34. The number of carbonyl (C=O) groups excluding carboxylic acids is 2. The van der Waals surface area contributed by atoms with Crippen LogP contribution in [0.4, 0.5) is 5.69 Å². The maximum Gasteiger partial charge on any atom is 0.265 e. The third kappa shape index (κ3) is 4.94. The first-order chi connectivity index (χ1) is 16.7. The Bertz CT molecular complexity index is 1110. The van der Waals surface area contributed by atoms with Crippen molar-refractivity contribution in [3.05, 3.63) is 82.6 Å². The molecule has 2 atom stereocenters. The first-order valence-electron chi connectivity index (χ1n) is 11.9. The molecule has 0 unspecified atom stereocenters. The van der Waals surface area contributed by atoms with Crippen LogP contribution in [0.2, 0.25) is 0 Å². The fourth-order valence-electron chi connectivity index (χ4n) is 4.70. The van der Waals surface area contributed by atoms with Gasteiger partial charge in [-0.1, -0.05) is 48.5 Å². The zero-order chi connectivity index (χ0) is 23.3. The highest BCUT2D eigenvalue weighted by atomic mass is 32.1. The SMILES string of the molecule is O=C(CN1C[C@H](C(=O)N2CCCCC2)Oc2ccccc21)N[C@H](c1ccccc1)c1cccs1. The molecule has 2 amide bonds. The lowest BCUT2D eigenvalue weighted by atomic mass is 10.1. The molecule has 3 heterocycles. The molecule has 0 bridgehead atoms. The van der Waals surface area contributed by atoms with Gasteiger partial charge in [0.2, 0.25) is 5.91 Å². The second-order valence-electron chi connectivity index (χ2n) is 8.77. The summed E-state index contributed by atoms with van der Waals surface area (Å²) in [4.78, 5) is 31.4. The molecule has 0 saturated carbocycles. The molecule has 3 aromatic rings. The zero-order valence-electron chi connectivity index (χ0n) is 19.1. The Hall–Kier alpha value is -3.32. The number of rotatable bonds is 6. The molecule has 1 fully saturated rings. The summed E-state index contributed by atoms with van der Waals surface area (Å²) in [5, 5.41) is 5.24. The monoisotopic (exact) mass is 475 g/mol. The lowest BCUT2D eigenvalue weighted by molar-refractivity contribution is -0.139. The van der Waals surface area contributed by atoms with Crippen molar-refractivity contribution in [1.29, 1.82) is 0 Å². The van der Waals surface area contributed by atoms with Crippen LogP contribution < -0.4 is 15.0 Å². The second kappa shape index (κ2) is 10.3. The van der Waals surface area contributed by atoms with E-state index in [1.165, 1.54) is 0 Å². The van der Waals surface area contributed by atoms with Gasteiger partial charge in [-0.2, -0.15) is 0 Å². The van der Waals surface area contributed by atoms with Crippen molar-refractivity contribution in [3.8, 4) is 5.75 Å². The molecule has 1 saturated heterocycles. The minimum atomic E-state index is -0.608. The summed E-state index contributed by atoms with van der Waals surface area (Å²) in [5.41, 5.74) is 1.88. The Kier molecular flexibility index (Phi) is 6.81. The number of hydrogen-bond donors (Lipinski definition) is 1. The van der Waals surface area contributed by atoms with Crippen molar-refractivity contribution in [1.82, 2.24) is 10.2 Å². The highest BCUT2D eigenvalue weighted by molar-refractivity contribution is 7.10. The Morgan fingerprint density at radius 3 is 2.50 bits per heavy atom. The van der Waals surface area contributed by atoms with Crippen molar-refractivity contribution in [2.24, 2.45) is 0 Å². The number of para-hydroxylation sites is 2. The van der Waals surface area contributed by atoms with E-state index >= 15 is 0 Å². The van der Waals surface area contributed by atoms with Gasteiger partial charge in [0.25, 0.3) is 5.91 Å². The van der Waals surface area contributed by atoms with E-state index in [0.29, 0.717) is 12.3 Å². The lowest BCUT2D eigenvalue weighted by Gasteiger charge is -2.38. The number of ether oxygens (including phenoxy) is 1. The maximum atomic E-state index is 13.3. The molecule has 176 valence electrons. The fourth-order valence-corrected chi connectivity index (χ4v) is 5.51. The normalized spacial score (nSPS) is 18.5. The smallest absolute Gasteiger partial charge is 0.265 e. The van der Waals surface area contributed by atoms with Crippen molar-refractivity contribution in [3.63, 3.8) is 0 Å². The van der Waals surface area contributed by atoms with Crippen molar-refractivity contribution in [2.75, 3.05) is 31.1 Å².